The van der Waals surface area contributed by atoms with Crippen molar-refractivity contribution >= 4 is 11.7 Å². The Morgan fingerprint density at radius 3 is 2.50 bits per heavy atom. The Morgan fingerprint density at radius 2 is 2.06 bits per heavy atom. The molecule has 0 aliphatic rings. The first-order valence-corrected chi connectivity index (χ1v) is 4.65. The zero-order valence-corrected chi connectivity index (χ0v) is 8.62. The van der Waals surface area contributed by atoms with Crippen LogP contribution in [0.5, 0.6) is 0 Å². The highest BCUT2D eigenvalue weighted by Gasteiger charge is 2.19. The molecule has 1 unspecified atom stereocenters. The Balaban J connectivity index is 2.81. The molecule has 0 aliphatic heterocycles. The number of aliphatic hydroxyl groups is 1. The van der Waals surface area contributed by atoms with Crippen LogP contribution in [0.15, 0.2) is 24.3 Å². The van der Waals surface area contributed by atoms with Gasteiger partial charge in [0.25, 0.3) is 5.69 Å². The van der Waals surface area contributed by atoms with E-state index in [1.807, 2.05) is 0 Å². The van der Waals surface area contributed by atoms with Gasteiger partial charge in [-0.1, -0.05) is 0 Å². The normalized spacial score (nSPS) is 11.9. The fourth-order valence-corrected chi connectivity index (χ4v) is 1.14. The lowest BCUT2D eigenvalue weighted by Crippen LogP contribution is -2.15. The van der Waals surface area contributed by atoms with Crippen molar-refractivity contribution in [1.29, 1.82) is 0 Å². The van der Waals surface area contributed by atoms with E-state index in [4.69, 9.17) is 0 Å². The van der Waals surface area contributed by atoms with Gasteiger partial charge >= 0.3 is 5.97 Å². The molecule has 0 spiro atoms. The fourth-order valence-electron chi connectivity index (χ4n) is 1.14. The van der Waals surface area contributed by atoms with E-state index in [1.54, 1.807) is 6.92 Å². The molecule has 0 saturated carbocycles. The number of benzene rings is 1. The van der Waals surface area contributed by atoms with Crippen LogP contribution in [0.1, 0.15) is 18.6 Å². The summed E-state index contributed by atoms with van der Waals surface area (Å²) in [5.41, 5.74) is 0.170. The van der Waals surface area contributed by atoms with Crippen molar-refractivity contribution in [2.45, 2.75) is 13.0 Å². The topological polar surface area (TPSA) is 89.7 Å². The summed E-state index contributed by atoms with van der Waals surface area (Å²) in [6.45, 7) is 1.79. The van der Waals surface area contributed by atoms with Crippen LogP contribution in [0.2, 0.25) is 0 Å². The first-order valence-electron chi connectivity index (χ1n) is 4.65. The quantitative estimate of drug-likeness (QED) is 0.472. The minimum atomic E-state index is -1.40. The highest BCUT2D eigenvalue weighted by atomic mass is 16.6. The summed E-state index contributed by atoms with van der Waals surface area (Å²) in [7, 11) is 0. The van der Waals surface area contributed by atoms with Crippen LogP contribution in [0, 0.1) is 10.1 Å². The second kappa shape index (κ2) is 5.22. The Labute approximate surface area is 91.6 Å². The second-order valence-corrected chi connectivity index (χ2v) is 3.00. The van der Waals surface area contributed by atoms with Gasteiger partial charge in [-0.2, -0.15) is 0 Å². The number of hydrogen-bond donors (Lipinski definition) is 1. The number of carbonyl (C=O) groups is 1. The molecule has 0 fully saturated rings. The van der Waals surface area contributed by atoms with Gasteiger partial charge in [-0.3, -0.25) is 10.1 Å². The number of carbonyl (C=O) groups excluding carboxylic acids is 1. The van der Waals surface area contributed by atoms with E-state index in [2.05, 4.69) is 4.74 Å². The van der Waals surface area contributed by atoms with E-state index in [-0.39, 0.29) is 17.9 Å². The number of rotatable bonds is 4. The molecule has 0 amide bonds. The summed E-state index contributed by atoms with van der Waals surface area (Å²) < 4.78 is 4.61. The smallest absolute Gasteiger partial charge is 0.339 e. The third-order valence-electron chi connectivity index (χ3n) is 1.93. The second-order valence-electron chi connectivity index (χ2n) is 3.00. The van der Waals surface area contributed by atoms with Crippen molar-refractivity contribution in [3.05, 3.63) is 39.9 Å². The highest BCUT2D eigenvalue weighted by molar-refractivity contribution is 5.76. The molecule has 0 heterocycles. The van der Waals surface area contributed by atoms with Crippen LogP contribution in [-0.2, 0) is 9.53 Å². The molecule has 6 nitrogen and oxygen atoms in total. The standard InChI is InChI=1S/C10H11NO5/c1-2-16-10(13)9(12)7-3-5-8(6-4-7)11(14)15/h3-6,9,12H,2H2,1H3. The van der Waals surface area contributed by atoms with Crippen LogP contribution >= 0.6 is 0 Å². The molecular weight excluding hydrogens is 214 g/mol. The maximum absolute atomic E-state index is 11.2. The largest absolute Gasteiger partial charge is 0.464 e. The average Bonchev–Trinajstić information content (AvgIpc) is 2.28. The number of nitrogens with zero attached hydrogens (tertiary/aromatic N) is 1. The number of hydrogen-bond acceptors (Lipinski definition) is 5. The van der Waals surface area contributed by atoms with Gasteiger partial charge in [-0.15, -0.1) is 0 Å². The lowest BCUT2D eigenvalue weighted by atomic mass is 10.1. The fraction of sp³-hybridized carbons (Fsp3) is 0.300. The van der Waals surface area contributed by atoms with Crippen LogP contribution in [0.4, 0.5) is 5.69 Å². The SMILES string of the molecule is CCOC(=O)C(O)c1ccc([N+](=O)[O-])cc1. The van der Waals surface area contributed by atoms with E-state index in [0.717, 1.165) is 0 Å². The molecule has 1 N–H and O–H groups in total. The summed E-state index contributed by atoms with van der Waals surface area (Å²) in [5, 5.41) is 19.9. The number of nitro benzene ring substituents is 1. The summed E-state index contributed by atoms with van der Waals surface area (Å²) >= 11 is 0. The van der Waals surface area contributed by atoms with E-state index >= 15 is 0 Å². The molecule has 0 aliphatic carbocycles. The van der Waals surface area contributed by atoms with Gasteiger partial charge in [0, 0.05) is 12.1 Å². The van der Waals surface area contributed by atoms with Crippen molar-refractivity contribution in [2.24, 2.45) is 0 Å². The molecule has 0 aromatic heterocycles. The number of nitro groups is 1. The molecule has 1 aromatic rings. The van der Waals surface area contributed by atoms with Crippen LogP contribution < -0.4 is 0 Å². The van der Waals surface area contributed by atoms with Gasteiger partial charge in [0.05, 0.1) is 11.5 Å². The molecular formula is C10H11NO5. The lowest BCUT2D eigenvalue weighted by Gasteiger charge is -2.09. The molecule has 1 rings (SSSR count). The molecule has 86 valence electrons. The van der Waals surface area contributed by atoms with Gasteiger partial charge < -0.3 is 9.84 Å². The molecule has 6 heteroatoms. The van der Waals surface area contributed by atoms with E-state index in [1.165, 1.54) is 24.3 Å². The average molecular weight is 225 g/mol. The first-order chi connectivity index (χ1) is 7.56. The van der Waals surface area contributed by atoms with Crippen molar-refractivity contribution in [2.75, 3.05) is 6.61 Å². The monoisotopic (exact) mass is 225 g/mol. The van der Waals surface area contributed by atoms with Crippen LogP contribution in [0.3, 0.4) is 0 Å². The summed E-state index contributed by atoms with van der Waals surface area (Å²) in [6, 6.07) is 5.08. The van der Waals surface area contributed by atoms with E-state index < -0.39 is 17.0 Å². The van der Waals surface area contributed by atoms with Gasteiger partial charge in [0.2, 0.25) is 0 Å². The van der Waals surface area contributed by atoms with Gasteiger partial charge in [-0.05, 0) is 24.6 Å². The number of non-ortho nitro benzene ring substituents is 1. The Bertz CT molecular complexity index is 387. The molecule has 0 saturated heterocycles. The van der Waals surface area contributed by atoms with Gasteiger partial charge in [-0.25, -0.2) is 4.79 Å². The predicted molar refractivity (Wildman–Crippen MR) is 54.7 cm³/mol. The van der Waals surface area contributed by atoms with E-state index in [9.17, 15) is 20.0 Å². The third-order valence-corrected chi connectivity index (χ3v) is 1.93. The maximum Gasteiger partial charge on any atom is 0.339 e. The Kier molecular flexibility index (Phi) is 3.96. The van der Waals surface area contributed by atoms with E-state index in [0.29, 0.717) is 0 Å². The summed E-state index contributed by atoms with van der Waals surface area (Å²) in [5.74, 6) is -0.767. The molecule has 1 aromatic carbocycles. The third kappa shape index (κ3) is 2.77. The van der Waals surface area contributed by atoms with Gasteiger partial charge in [0.15, 0.2) is 6.10 Å². The molecule has 0 bridgehead atoms. The minimum absolute atomic E-state index is 0.0974. The number of aliphatic hydroxyl groups excluding tert-OH is 1. The zero-order chi connectivity index (χ0) is 12.1. The van der Waals surface area contributed by atoms with Gasteiger partial charge in [0.1, 0.15) is 0 Å². The Hall–Kier alpha value is -1.95. The van der Waals surface area contributed by atoms with Crippen molar-refractivity contribution in [3.63, 3.8) is 0 Å². The number of esters is 1. The minimum Gasteiger partial charge on any atom is -0.464 e. The first kappa shape index (κ1) is 12.1. The maximum atomic E-state index is 11.2. The zero-order valence-electron chi connectivity index (χ0n) is 8.62. The summed E-state index contributed by atoms with van der Waals surface area (Å²) in [6.07, 6.45) is -1.40. The Morgan fingerprint density at radius 1 is 1.50 bits per heavy atom. The van der Waals surface area contributed by atoms with Crippen molar-refractivity contribution in [1.82, 2.24) is 0 Å². The molecule has 0 radical (unpaired) electrons. The molecule has 1 atom stereocenters. The predicted octanol–water partition coefficient (Wildman–Crippen LogP) is 1.19. The van der Waals surface area contributed by atoms with Crippen LogP contribution in [-0.4, -0.2) is 22.6 Å². The molecule has 16 heavy (non-hydrogen) atoms. The summed E-state index contributed by atoms with van der Waals surface area (Å²) in [4.78, 5) is 21.0. The van der Waals surface area contributed by atoms with Crippen molar-refractivity contribution in [3.8, 4) is 0 Å². The lowest BCUT2D eigenvalue weighted by molar-refractivity contribution is -0.384. The number of ether oxygens (including phenoxy) is 1. The van der Waals surface area contributed by atoms with Crippen LogP contribution in [0.25, 0.3) is 0 Å². The highest BCUT2D eigenvalue weighted by Crippen LogP contribution is 2.18. The van der Waals surface area contributed by atoms with Crippen molar-refractivity contribution < 1.29 is 19.6 Å².